The van der Waals surface area contributed by atoms with E-state index < -0.39 is 5.60 Å². The van der Waals surface area contributed by atoms with E-state index >= 15 is 0 Å². The Hall–Kier alpha value is -2.04. The Morgan fingerprint density at radius 2 is 1.54 bits per heavy atom. The van der Waals surface area contributed by atoms with E-state index in [2.05, 4.69) is 4.90 Å². The van der Waals surface area contributed by atoms with Gasteiger partial charge in [0.2, 0.25) is 0 Å². The van der Waals surface area contributed by atoms with Crippen molar-refractivity contribution in [3.63, 3.8) is 0 Å². The van der Waals surface area contributed by atoms with Gasteiger partial charge in [-0.25, -0.2) is 0 Å². The largest absolute Gasteiger partial charge is 0.375 e. The molecule has 5 heteroatoms. The smallest absolute Gasteiger partial charge is 0.259 e. The minimum absolute atomic E-state index is 0.00306. The number of nitrogens with zero attached hydrogens (tertiary/aromatic N) is 2. The molecule has 2 aromatic carbocycles. The Balaban J connectivity index is 1.51. The van der Waals surface area contributed by atoms with Gasteiger partial charge >= 0.3 is 0 Å². The van der Waals surface area contributed by atoms with Crippen molar-refractivity contribution in [3.05, 3.63) is 65.2 Å². The van der Waals surface area contributed by atoms with Gasteiger partial charge in [0.15, 0.2) is 5.60 Å². The van der Waals surface area contributed by atoms with Gasteiger partial charge in [-0.3, -0.25) is 4.79 Å². The maximum absolute atomic E-state index is 13.5. The first kappa shape index (κ1) is 19.3. The van der Waals surface area contributed by atoms with Crippen LogP contribution in [0.25, 0.3) is 0 Å². The minimum Gasteiger partial charge on any atom is -0.375 e. The number of anilines is 1. The molecule has 1 saturated heterocycles. The monoisotopic (exact) mass is 398 g/mol. The van der Waals surface area contributed by atoms with E-state index in [1.54, 1.807) is 0 Å². The number of piperazine rings is 1. The Morgan fingerprint density at radius 3 is 2.14 bits per heavy atom. The Kier molecular flexibility index (Phi) is 5.61. The third-order valence-electron chi connectivity index (χ3n) is 6.24. The van der Waals surface area contributed by atoms with Gasteiger partial charge in [0, 0.05) is 42.8 Å². The summed E-state index contributed by atoms with van der Waals surface area (Å²) in [7, 11) is 0. The van der Waals surface area contributed by atoms with E-state index in [0.29, 0.717) is 13.1 Å². The fraction of sp³-hybridized carbons (Fsp3) is 0.435. The van der Waals surface area contributed by atoms with Crippen LogP contribution in [-0.2, 0) is 10.4 Å². The molecule has 0 bridgehead atoms. The summed E-state index contributed by atoms with van der Waals surface area (Å²) in [6, 6.07) is 17.3. The van der Waals surface area contributed by atoms with Crippen LogP contribution < -0.4 is 4.90 Å². The van der Waals surface area contributed by atoms with Crippen molar-refractivity contribution in [1.29, 1.82) is 0 Å². The molecule has 1 N–H and O–H groups in total. The van der Waals surface area contributed by atoms with Crippen molar-refractivity contribution in [2.75, 3.05) is 31.1 Å². The highest BCUT2D eigenvalue weighted by atomic mass is 35.5. The van der Waals surface area contributed by atoms with Crippen molar-refractivity contribution in [2.45, 2.75) is 31.3 Å². The summed E-state index contributed by atoms with van der Waals surface area (Å²) in [6.07, 6.45) is 3.97. The lowest BCUT2D eigenvalue weighted by atomic mass is 9.79. The molecule has 1 saturated carbocycles. The molecule has 1 aliphatic carbocycles. The van der Waals surface area contributed by atoms with Crippen LogP contribution in [-0.4, -0.2) is 42.1 Å². The summed E-state index contributed by atoms with van der Waals surface area (Å²) in [5.74, 6) is -0.141. The second-order valence-corrected chi connectivity index (χ2v) is 8.31. The summed E-state index contributed by atoms with van der Waals surface area (Å²) in [6.45, 7) is 2.73. The predicted octanol–water partition coefficient (Wildman–Crippen LogP) is 4.07. The number of rotatable bonds is 4. The normalized spacial score (nSPS) is 20.2. The van der Waals surface area contributed by atoms with Crippen LogP contribution >= 0.6 is 11.6 Å². The van der Waals surface area contributed by atoms with Gasteiger partial charge in [-0.1, -0.05) is 54.8 Å². The zero-order valence-corrected chi connectivity index (χ0v) is 16.8. The van der Waals surface area contributed by atoms with Gasteiger partial charge in [0.05, 0.1) is 0 Å². The second-order valence-electron chi connectivity index (χ2n) is 7.87. The molecule has 1 amide bonds. The first-order valence-electron chi connectivity index (χ1n) is 10.2. The number of amides is 1. The zero-order valence-electron chi connectivity index (χ0n) is 16.1. The van der Waals surface area contributed by atoms with E-state index in [1.165, 1.54) is 0 Å². The molecular weight excluding hydrogens is 372 g/mol. The van der Waals surface area contributed by atoms with E-state index in [1.807, 2.05) is 59.5 Å². The third kappa shape index (κ3) is 3.63. The lowest BCUT2D eigenvalue weighted by Gasteiger charge is -2.42. The number of benzene rings is 2. The number of aliphatic hydroxyl groups is 1. The van der Waals surface area contributed by atoms with E-state index in [0.717, 1.165) is 55.0 Å². The van der Waals surface area contributed by atoms with E-state index in [-0.39, 0.29) is 11.8 Å². The van der Waals surface area contributed by atoms with Crippen LogP contribution in [0.1, 0.15) is 31.2 Å². The average molecular weight is 399 g/mol. The molecule has 0 radical (unpaired) electrons. The lowest BCUT2D eigenvalue weighted by molar-refractivity contribution is -0.159. The number of carbonyl (C=O) groups excluding carboxylic acids is 1. The molecule has 1 atom stereocenters. The number of halogens is 1. The molecule has 28 heavy (non-hydrogen) atoms. The van der Waals surface area contributed by atoms with Crippen LogP contribution in [0.15, 0.2) is 54.6 Å². The van der Waals surface area contributed by atoms with Crippen LogP contribution in [0.2, 0.25) is 5.02 Å². The highest BCUT2D eigenvalue weighted by Gasteiger charge is 2.48. The van der Waals surface area contributed by atoms with Gasteiger partial charge in [0.25, 0.3) is 5.91 Å². The predicted molar refractivity (Wildman–Crippen MR) is 113 cm³/mol. The van der Waals surface area contributed by atoms with Crippen molar-refractivity contribution in [1.82, 2.24) is 4.90 Å². The van der Waals surface area contributed by atoms with Crippen molar-refractivity contribution < 1.29 is 9.90 Å². The number of hydrogen-bond acceptors (Lipinski definition) is 3. The molecule has 0 unspecified atom stereocenters. The first-order chi connectivity index (χ1) is 13.6. The summed E-state index contributed by atoms with van der Waals surface area (Å²) in [5.41, 5.74) is 0.429. The standard InChI is InChI=1S/C23H27ClN2O2/c24-20-10-12-21(13-11-20)25-14-16-26(17-15-25)22(27)23(28,19-8-4-5-9-19)18-6-2-1-3-7-18/h1-3,6-7,10-13,19,28H,4-5,8-9,14-17H2/t23-/m0/s1. The van der Waals surface area contributed by atoms with Crippen LogP contribution in [0.3, 0.4) is 0 Å². The molecule has 148 valence electrons. The molecule has 2 aliphatic rings. The van der Waals surface area contributed by atoms with Crippen LogP contribution in [0.5, 0.6) is 0 Å². The SMILES string of the molecule is O=C(N1CCN(c2ccc(Cl)cc2)CC1)[C@](O)(c1ccccc1)C1CCCC1. The Labute approximate surface area is 171 Å². The summed E-state index contributed by atoms with van der Waals surface area (Å²) in [4.78, 5) is 17.6. The molecule has 0 aromatic heterocycles. The highest BCUT2D eigenvalue weighted by molar-refractivity contribution is 6.30. The molecule has 4 nitrogen and oxygen atoms in total. The van der Waals surface area contributed by atoms with Gasteiger partial charge in [-0.05, 0) is 42.7 Å². The summed E-state index contributed by atoms with van der Waals surface area (Å²) in [5, 5.41) is 12.4. The number of carbonyl (C=O) groups is 1. The molecule has 1 heterocycles. The molecule has 2 fully saturated rings. The van der Waals surface area contributed by atoms with Gasteiger partial charge in [-0.2, -0.15) is 0 Å². The molecular formula is C23H27ClN2O2. The number of hydrogen-bond donors (Lipinski definition) is 1. The molecule has 4 rings (SSSR count). The third-order valence-corrected chi connectivity index (χ3v) is 6.50. The molecule has 2 aromatic rings. The van der Waals surface area contributed by atoms with Crippen LogP contribution in [0, 0.1) is 5.92 Å². The van der Waals surface area contributed by atoms with Crippen molar-refractivity contribution in [3.8, 4) is 0 Å². The molecule has 0 spiro atoms. The first-order valence-corrected chi connectivity index (χ1v) is 10.5. The summed E-state index contributed by atoms with van der Waals surface area (Å²) < 4.78 is 0. The highest BCUT2D eigenvalue weighted by Crippen LogP contribution is 2.42. The maximum atomic E-state index is 13.5. The average Bonchev–Trinajstić information content (AvgIpc) is 3.29. The van der Waals surface area contributed by atoms with Crippen molar-refractivity contribution >= 4 is 23.2 Å². The minimum atomic E-state index is -1.42. The Morgan fingerprint density at radius 1 is 0.929 bits per heavy atom. The zero-order chi connectivity index (χ0) is 19.6. The lowest BCUT2D eigenvalue weighted by Crippen LogP contribution is -2.56. The van der Waals surface area contributed by atoms with E-state index in [9.17, 15) is 9.90 Å². The fourth-order valence-electron chi connectivity index (χ4n) is 4.63. The van der Waals surface area contributed by atoms with Gasteiger partial charge in [-0.15, -0.1) is 0 Å². The summed E-state index contributed by atoms with van der Waals surface area (Å²) >= 11 is 5.99. The van der Waals surface area contributed by atoms with E-state index in [4.69, 9.17) is 11.6 Å². The maximum Gasteiger partial charge on any atom is 0.259 e. The quantitative estimate of drug-likeness (QED) is 0.844. The van der Waals surface area contributed by atoms with Gasteiger partial charge in [0.1, 0.15) is 0 Å². The fourth-order valence-corrected chi connectivity index (χ4v) is 4.76. The van der Waals surface area contributed by atoms with Gasteiger partial charge < -0.3 is 14.9 Å². The topological polar surface area (TPSA) is 43.8 Å². The molecule has 1 aliphatic heterocycles. The van der Waals surface area contributed by atoms with Crippen molar-refractivity contribution in [2.24, 2.45) is 5.92 Å². The van der Waals surface area contributed by atoms with Crippen LogP contribution in [0.4, 0.5) is 5.69 Å². The second kappa shape index (κ2) is 8.14. The Bertz CT molecular complexity index is 797.